The van der Waals surface area contributed by atoms with Crippen molar-refractivity contribution in [2.45, 2.75) is 64.9 Å². The molecule has 1 aliphatic heterocycles. The van der Waals surface area contributed by atoms with Crippen molar-refractivity contribution in [1.29, 1.82) is 0 Å². The summed E-state index contributed by atoms with van der Waals surface area (Å²) in [4.78, 5) is 23.7. The Labute approximate surface area is 215 Å². The average Bonchev–Trinajstić information content (AvgIpc) is 2.91. The molecule has 194 valence electrons. The highest BCUT2D eigenvalue weighted by Crippen LogP contribution is 2.31. The standard InChI is InChI=1S/C29H40N4O3/c1-4-21-17-30-28(31-18-21)33-15-13-22(14-16-33)19-36-26-11-9-24(10-12-26)23-5-7-25(8-6-23)27(34)32-20-29(2,3)35/h5,9-12,17-18,22,25,35H,4,6-8,13-16,19-20H2,1-3H3,(H,32,34). The summed E-state index contributed by atoms with van der Waals surface area (Å²) in [6.07, 6.45) is 11.6. The number of hydrogen-bond acceptors (Lipinski definition) is 6. The molecule has 7 heteroatoms. The van der Waals surface area contributed by atoms with Crippen LogP contribution in [0.1, 0.15) is 64.0 Å². The first-order valence-corrected chi connectivity index (χ1v) is 13.3. The summed E-state index contributed by atoms with van der Waals surface area (Å²) in [7, 11) is 0. The van der Waals surface area contributed by atoms with Gasteiger partial charge in [-0.15, -0.1) is 0 Å². The number of rotatable bonds is 9. The largest absolute Gasteiger partial charge is 0.493 e. The number of nitrogens with one attached hydrogen (secondary N) is 1. The number of carbonyl (C=O) groups excluding carboxylic acids is 1. The summed E-state index contributed by atoms with van der Waals surface area (Å²) in [6, 6.07) is 8.35. The van der Waals surface area contributed by atoms with Crippen LogP contribution in [0.3, 0.4) is 0 Å². The maximum absolute atomic E-state index is 12.4. The van der Waals surface area contributed by atoms with Crippen LogP contribution in [0.5, 0.6) is 5.75 Å². The zero-order valence-corrected chi connectivity index (χ0v) is 21.9. The van der Waals surface area contributed by atoms with Crippen molar-refractivity contribution in [3.05, 3.63) is 53.9 Å². The molecule has 2 aliphatic rings. The normalized spacial score (nSPS) is 19.1. The monoisotopic (exact) mass is 492 g/mol. The maximum Gasteiger partial charge on any atom is 0.225 e. The van der Waals surface area contributed by atoms with Gasteiger partial charge in [0.05, 0.1) is 12.2 Å². The molecule has 1 unspecified atom stereocenters. The van der Waals surface area contributed by atoms with Crippen LogP contribution in [0.4, 0.5) is 5.95 Å². The van der Waals surface area contributed by atoms with Crippen LogP contribution in [-0.2, 0) is 11.2 Å². The molecule has 1 fully saturated rings. The summed E-state index contributed by atoms with van der Waals surface area (Å²) >= 11 is 0. The SMILES string of the molecule is CCc1cnc(N2CCC(COc3ccc(C4=CCC(C(=O)NCC(C)(C)O)CC4)cc3)CC2)nc1. The van der Waals surface area contributed by atoms with Crippen molar-refractivity contribution in [2.75, 3.05) is 31.1 Å². The Morgan fingerprint density at radius 1 is 1.14 bits per heavy atom. The number of benzene rings is 1. The molecule has 1 aromatic heterocycles. The molecule has 1 amide bonds. The van der Waals surface area contributed by atoms with Crippen molar-refractivity contribution < 1.29 is 14.6 Å². The van der Waals surface area contributed by atoms with Crippen LogP contribution in [0, 0.1) is 11.8 Å². The molecule has 0 saturated carbocycles. The van der Waals surface area contributed by atoms with E-state index in [1.54, 1.807) is 13.8 Å². The van der Waals surface area contributed by atoms with Crippen molar-refractivity contribution in [3.63, 3.8) is 0 Å². The second kappa shape index (κ2) is 11.9. The quantitative estimate of drug-likeness (QED) is 0.539. The lowest BCUT2D eigenvalue weighted by Crippen LogP contribution is -2.41. The molecule has 36 heavy (non-hydrogen) atoms. The third-order valence-electron chi connectivity index (χ3n) is 7.19. The van der Waals surface area contributed by atoms with Crippen molar-refractivity contribution in [3.8, 4) is 5.75 Å². The van der Waals surface area contributed by atoms with Gasteiger partial charge in [-0.1, -0.05) is 25.1 Å². The molecule has 4 rings (SSSR count). The average molecular weight is 493 g/mol. The highest BCUT2D eigenvalue weighted by Gasteiger charge is 2.24. The fourth-order valence-corrected chi connectivity index (χ4v) is 4.76. The fraction of sp³-hybridized carbons (Fsp3) is 0.552. The first-order chi connectivity index (χ1) is 17.3. The summed E-state index contributed by atoms with van der Waals surface area (Å²) in [6.45, 7) is 8.45. The minimum atomic E-state index is -0.886. The van der Waals surface area contributed by atoms with Gasteiger partial charge >= 0.3 is 0 Å². The predicted octanol–water partition coefficient (Wildman–Crippen LogP) is 4.41. The Bertz CT molecular complexity index is 1020. The number of allylic oxidation sites excluding steroid dienone is 2. The first-order valence-electron chi connectivity index (χ1n) is 13.3. The summed E-state index contributed by atoms with van der Waals surface area (Å²) < 4.78 is 6.12. The molecule has 0 radical (unpaired) electrons. The summed E-state index contributed by atoms with van der Waals surface area (Å²) in [5.41, 5.74) is 2.76. The van der Waals surface area contributed by atoms with E-state index in [-0.39, 0.29) is 18.4 Å². The van der Waals surface area contributed by atoms with Crippen molar-refractivity contribution in [2.24, 2.45) is 11.8 Å². The van der Waals surface area contributed by atoms with Gasteiger partial charge in [-0.05, 0) is 87.1 Å². The fourth-order valence-electron chi connectivity index (χ4n) is 4.76. The number of nitrogens with zero attached hydrogens (tertiary/aromatic N) is 3. The Hall–Kier alpha value is -2.93. The Morgan fingerprint density at radius 3 is 2.42 bits per heavy atom. The van der Waals surface area contributed by atoms with Gasteiger partial charge in [-0.3, -0.25) is 4.79 Å². The number of ether oxygens (including phenoxy) is 1. The highest BCUT2D eigenvalue weighted by atomic mass is 16.5. The van der Waals surface area contributed by atoms with E-state index < -0.39 is 5.60 Å². The zero-order chi connectivity index (χ0) is 25.5. The van der Waals surface area contributed by atoms with Crippen LogP contribution < -0.4 is 15.0 Å². The number of carbonyl (C=O) groups is 1. The van der Waals surface area contributed by atoms with Crippen LogP contribution in [0.15, 0.2) is 42.7 Å². The first kappa shape index (κ1) is 26.1. The van der Waals surface area contributed by atoms with Gasteiger partial charge in [0.15, 0.2) is 0 Å². The molecule has 2 heterocycles. The lowest BCUT2D eigenvalue weighted by Gasteiger charge is -2.31. The van der Waals surface area contributed by atoms with Crippen LogP contribution >= 0.6 is 0 Å². The van der Waals surface area contributed by atoms with Gasteiger partial charge in [0.1, 0.15) is 5.75 Å². The molecular formula is C29H40N4O3. The number of hydrogen-bond donors (Lipinski definition) is 2. The molecule has 2 aromatic rings. The second-order valence-corrected chi connectivity index (χ2v) is 10.7. The van der Waals surface area contributed by atoms with Crippen molar-refractivity contribution in [1.82, 2.24) is 15.3 Å². The lowest BCUT2D eigenvalue weighted by atomic mass is 9.86. The van der Waals surface area contributed by atoms with Gasteiger partial charge in [0.25, 0.3) is 0 Å². The molecule has 1 saturated heterocycles. The lowest BCUT2D eigenvalue weighted by molar-refractivity contribution is -0.126. The number of aryl methyl sites for hydroxylation is 1. The van der Waals surface area contributed by atoms with Crippen LogP contribution in [0.2, 0.25) is 0 Å². The van der Waals surface area contributed by atoms with E-state index in [4.69, 9.17) is 4.74 Å². The number of aromatic nitrogens is 2. The molecule has 2 N–H and O–H groups in total. The van der Waals surface area contributed by atoms with Gasteiger partial charge < -0.3 is 20.1 Å². The van der Waals surface area contributed by atoms with E-state index in [0.717, 1.165) is 69.9 Å². The van der Waals surface area contributed by atoms with Crippen LogP contribution in [-0.4, -0.2) is 52.8 Å². The highest BCUT2D eigenvalue weighted by molar-refractivity contribution is 5.80. The predicted molar refractivity (Wildman–Crippen MR) is 143 cm³/mol. The van der Waals surface area contributed by atoms with E-state index in [0.29, 0.717) is 5.92 Å². The number of anilines is 1. The van der Waals surface area contributed by atoms with Gasteiger partial charge in [-0.25, -0.2) is 9.97 Å². The number of amides is 1. The van der Waals surface area contributed by atoms with E-state index in [9.17, 15) is 9.90 Å². The minimum Gasteiger partial charge on any atom is -0.493 e. The zero-order valence-electron chi connectivity index (χ0n) is 21.9. The van der Waals surface area contributed by atoms with E-state index in [1.165, 1.54) is 16.7 Å². The van der Waals surface area contributed by atoms with E-state index in [1.807, 2.05) is 12.4 Å². The topological polar surface area (TPSA) is 87.6 Å². The van der Waals surface area contributed by atoms with E-state index >= 15 is 0 Å². The molecule has 1 aromatic carbocycles. The summed E-state index contributed by atoms with van der Waals surface area (Å²) in [5.74, 6) is 2.29. The van der Waals surface area contributed by atoms with Crippen LogP contribution in [0.25, 0.3) is 5.57 Å². The second-order valence-electron chi connectivity index (χ2n) is 10.7. The Balaban J connectivity index is 1.20. The molecule has 0 bridgehead atoms. The third-order valence-corrected chi connectivity index (χ3v) is 7.19. The molecule has 1 aliphatic carbocycles. The minimum absolute atomic E-state index is 0.0209. The van der Waals surface area contributed by atoms with Crippen molar-refractivity contribution >= 4 is 17.4 Å². The molecule has 7 nitrogen and oxygen atoms in total. The third kappa shape index (κ3) is 7.29. The smallest absolute Gasteiger partial charge is 0.225 e. The Kier molecular flexibility index (Phi) is 8.62. The van der Waals surface area contributed by atoms with Gasteiger partial charge in [0.2, 0.25) is 11.9 Å². The molecule has 0 spiro atoms. The molecular weight excluding hydrogens is 452 g/mol. The summed E-state index contributed by atoms with van der Waals surface area (Å²) in [5, 5.41) is 12.7. The van der Waals surface area contributed by atoms with Gasteiger partial charge in [0, 0.05) is 37.9 Å². The number of aliphatic hydroxyl groups is 1. The van der Waals surface area contributed by atoms with Gasteiger partial charge in [-0.2, -0.15) is 0 Å². The van der Waals surface area contributed by atoms with E-state index in [2.05, 4.69) is 57.4 Å². The number of piperidine rings is 1. The maximum atomic E-state index is 12.4. The Morgan fingerprint density at radius 2 is 1.83 bits per heavy atom. The molecule has 1 atom stereocenters.